The zero-order chi connectivity index (χ0) is 10.8. The minimum absolute atomic E-state index is 0.220. The fourth-order valence-electron chi connectivity index (χ4n) is 1.27. The second-order valence-electron chi connectivity index (χ2n) is 3.11. The number of hydrogen-bond donors (Lipinski definition) is 1. The molecule has 0 radical (unpaired) electrons. The summed E-state index contributed by atoms with van der Waals surface area (Å²) in [6.45, 7) is 1.75. The molecule has 0 aliphatic heterocycles. The molecule has 0 atom stereocenters. The van der Waals surface area contributed by atoms with Gasteiger partial charge in [-0.1, -0.05) is 6.92 Å². The number of thiophene rings is 1. The number of carbonyl (C=O) groups excluding carboxylic acids is 1. The second-order valence-corrected chi connectivity index (χ2v) is 4.02. The molecule has 0 amide bonds. The predicted molar refractivity (Wildman–Crippen MR) is 59.4 cm³/mol. The van der Waals surface area contributed by atoms with Crippen LogP contribution in [0.25, 0.3) is 10.1 Å². The Morgan fingerprint density at radius 3 is 3.07 bits per heavy atom. The molecule has 0 fully saturated rings. The van der Waals surface area contributed by atoms with E-state index in [9.17, 15) is 9.90 Å². The maximum atomic E-state index is 11.1. The van der Waals surface area contributed by atoms with E-state index in [1.54, 1.807) is 30.5 Å². The van der Waals surface area contributed by atoms with Crippen LogP contribution in [0.5, 0.6) is 11.5 Å². The van der Waals surface area contributed by atoms with Crippen molar-refractivity contribution < 1.29 is 14.6 Å². The van der Waals surface area contributed by atoms with Gasteiger partial charge in [-0.15, -0.1) is 11.3 Å². The number of phenols is 1. The third-order valence-corrected chi connectivity index (χ3v) is 2.96. The van der Waals surface area contributed by atoms with Crippen LogP contribution >= 0.6 is 11.3 Å². The van der Waals surface area contributed by atoms with Crippen LogP contribution in [0, 0.1) is 0 Å². The van der Waals surface area contributed by atoms with Crippen LogP contribution < -0.4 is 4.74 Å². The van der Waals surface area contributed by atoms with Crippen molar-refractivity contribution in [2.45, 2.75) is 13.3 Å². The van der Waals surface area contributed by atoms with Crippen molar-refractivity contribution in [3.8, 4) is 11.5 Å². The zero-order valence-corrected chi connectivity index (χ0v) is 9.00. The van der Waals surface area contributed by atoms with Crippen LogP contribution in [0.4, 0.5) is 0 Å². The molecule has 2 rings (SSSR count). The lowest BCUT2D eigenvalue weighted by Crippen LogP contribution is -2.04. The van der Waals surface area contributed by atoms with Gasteiger partial charge in [-0.2, -0.15) is 0 Å². The molecule has 1 aromatic heterocycles. The first-order chi connectivity index (χ1) is 7.20. The highest BCUT2D eigenvalue weighted by Gasteiger charge is 2.08. The number of fused-ring (bicyclic) bond motifs is 1. The standard InChI is InChI=1S/C11H10O3S/c1-2-11(13)14-9-6-15-10-5-7(12)3-4-8(9)10/h3-6,12H,2H2,1H3. The molecule has 0 saturated heterocycles. The molecule has 0 unspecified atom stereocenters. The summed E-state index contributed by atoms with van der Waals surface area (Å²) in [6.07, 6.45) is 0.357. The molecule has 4 heteroatoms. The fourth-order valence-corrected chi connectivity index (χ4v) is 2.16. The SMILES string of the molecule is CCC(=O)Oc1csc2cc(O)ccc12. The number of aromatic hydroxyl groups is 1. The third kappa shape index (κ3) is 1.94. The van der Waals surface area contributed by atoms with Gasteiger partial charge in [0.25, 0.3) is 0 Å². The van der Waals surface area contributed by atoms with E-state index in [-0.39, 0.29) is 11.7 Å². The molecule has 0 saturated carbocycles. The molecule has 2 aromatic rings. The topological polar surface area (TPSA) is 46.5 Å². The highest BCUT2D eigenvalue weighted by Crippen LogP contribution is 2.34. The lowest BCUT2D eigenvalue weighted by atomic mass is 10.2. The highest BCUT2D eigenvalue weighted by molar-refractivity contribution is 7.17. The molecule has 3 nitrogen and oxygen atoms in total. The first kappa shape index (κ1) is 9.98. The summed E-state index contributed by atoms with van der Waals surface area (Å²) >= 11 is 1.44. The average molecular weight is 222 g/mol. The van der Waals surface area contributed by atoms with E-state index in [1.165, 1.54) is 11.3 Å². The normalized spacial score (nSPS) is 10.5. The Morgan fingerprint density at radius 1 is 1.53 bits per heavy atom. The van der Waals surface area contributed by atoms with Gasteiger partial charge in [-0.3, -0.25) is 4.79 Å². The number of benzene rings is 1. The van der Waals surface area contributed by atoms with Crippen molar-refractivity contribution in [1.29, 1.82) is 0 Å². The molecule has 1 heterocycles. The number of rotatable bonds is 2. The lowest BCUT2D eigenvalue weighted by Gasteiger charge is -2.00. The van der Waals surface area contributed by atoms with E-state index in [0.717, 1.165) is 10.1 Å². The number of phenolic OH excluding ortho intramolecular Hbond substituents is 1. The van der Waals surface area contributed by atoms with Crippen molar-refractivity contribution in [3.05, 3.63) is 23.6 Å². The molecule has 0 spiro atoms. The van der Waals surface area contributed by atoms with Gasteiger partial charge in [0.15, 0.2) is 0 Å². The van der Waals surface area contributed by atoms with E-state index >= 15 is 0 Å². The Bertz CT molecular complexity index is 502. The number of ether oxygens (including phenoxy) is 1. The van der Waals surface area contributed by atoms with Crippen molar-refractivity contribution >= 4 is 27.4 Å². The fraction of sp³-hybridized carbons (Fsp3) is 0.182. The lowest BCUT2D eigenvalue weighted by molar-refractivity contribution is -0.133. The summed E-state index contributed by atoms with van der Waals surface area (Å²) in [5.74, 6) is 0.544. The van der Waals surface area contributed by atoms with Gasteiger partial charge in [0, 0.05) is 21.9 Å². The molecule has 0 bridgehead atoms. The van der Waals surface area contributed by atoms with Gasteiger partial charge in [0.1, 0.15) is 11.5 Å². The van der Waals surface area contributed by atoms with Crippen LogP contribution in [-0.4, -0.2) is 11.1 Å². The number of carbonyl (C=O) groups is 1. The van der Waals surface area contributed by atoms with Gasteiger partial charge in [0.05, 0.1) is 0 Å². The average Bonchev–Trinajstić information content (AvgIpc) is 2.60. The maximum absolute atomic E-state index is 11.1. The second kappa shape index (κ2) is 3.90. The third-order valence-electron chi connectivity index (χ3n) is 2.04. The predicted octanol–water partition coefficient (Wildman–Crippen LogP) is 2.92. The van der Waals surface area contributed by atoms with Crippen molar-refractivity contribution in [2.75, 3.05) is 0 Å². The maximum Gasteiger partial charge on any atom is 0.310 e. The summed E-state index contributed by atoms with van der Waals surface area (Å²) in [7, 11) is 0. The molecular weight excluding hydrogens is 212 g/mol. The first-order valence-corrected chi connectivity index (χ1v) is 5.49. The van der Waals surface area contributed by atoms with E-state index in [2.05, 4.69) is 0 Å². The summed E-state index contributed by atoms with van der Waals surface area (Å²) in [5, 5.41) is 11.9. The van der Waals surface area contributed by atoms with Crippen molar-refractivity contribution in [3.63, 3.8) is 0 Å². The monoisotopic (exact) mass is 222 g/mol. The first-order valence-electron chi connectivity index (χ1n) is 4.61. The van der Waals surface area contributed by atoms with Crippen LogP contribution in [0.2, 0.25) is 0 Å². The van der Waals surface area contributed by atoms with Gasteiger partial charge in [0.2, 0.25) is 0 Å². The van der Waals surface area contributed by atoms with Crippen LogP contribution in [0.3, 0.4) is 0 Å². The Kier molecular flexibility index (Phi) is 2.60. The summed E-state index contributed by atoms with van der Waals surface area (Å²) in [4.78, 5) is 11.1. The Morgan fingerprint density at radius 2 is 2.33 bits per heavy atom. The van der Waals surface area contributed by atoms with Gasteiger partial charge >= 0.3 is 5.97 Å². The Labute approximate surface area is 90.9 Å². The summed E-state index contributed by atoms with van der Waals surface area (Å²) in [5.41, 5.74) is 0. The molecule has 15 heavy (non-hydrogen) atoms. The Hall–Kier alpha value is -1.55. The minimum atomic E-state index is -0.247. The van der Waals surface area contributed by atoms with Gasteiger partial charge < -0.3 is 9.84 Å². The van der Waals surface area contributed by atoms with Crippen LogP contribution in [0.1, 0.15) is 13.3 Å². The molecule has 78 valence electrons. The zero-order valence-electron chi connectivity index (χ0n) is 8.19. The van der Waals surface area contributed by atoms with E-state index < -0.39 is 0 Å². The number of esters is 1. The van der Waals surface area contributed by atoms with Crippen LogP contribution in [0.15, 0.2) is 23.6 Å². The smallest absolute Gasteiger partial charge is 0.310 e. The van der Waals surface area contributed by atoms with Crippen molar-refractivity contribution in [1.82, 2.24) is 0 Å². The highest BCUT2D eigenvalue weighted by atomic mass is 32.1. The molecule has 1 N–H and O–H groups in total. The van der Waals surface area contributed by atoms with Crippen molar-refractivity contribution in [2.24, 2.45) is 0 Å². The molecule has 1 aromatic carbocycles. The van der Waals surface area contributed by atoms with E-state index in [0.29, 0.717) is 12.2 Å². The Balaban J connectivity index is 2.41. The van der Waals surface area contributed by atoms with Crippen LogP contribution in [-0.2, 0) is 4.79 Å². The van der Waals surface area contributed by atoms with Gasteiger partial charge in [-0.05, 0) is 18.2 Å². The summed E-state index contributed by atoms with van der Waals surface area (Å²) < 4.78 is 6.06. The largest absolute Gasteiger partial charge is 0.508 e. The quantitative estimate of drug-likeness (QED) is 0.795. The minimum Gasteiger partial charge on any atom is -0.508 e. The van der Waals surface area contributed by atoms with Gasteiger partial charge in [-0.25, -0.2) is 0 Å². The molecular formula is C11H10O3S. The number of hydrogen-bond acceptors (Lipinski definition) is 4. The summed E-state index contributed by atoms with van der Waals surface area (Å²) in [6, 6.07) is 4.99. The van der Waals surface area contributed by atoms with E-state index in [4.69, 9.17) is 4.74 Å². The molecule has 0 aliphatic rings. The van der Waals surface area contributed by atoms with E-state index in [1.807, 2.05) is 0 Å². The molecule has 0 aliphatic carbocycles.